The first-order valence-electron chi connectivity index (χ1n) is 11.2. The standard InChI is InChI=1S/C24H34N4O5S/c1-5-28(6-2)15-16-33-23-10-8-7-9-20(23)17-25-24(30)18-27(4)34(31,32)22-13-11-21(12-14-22)26-19(3)29/h7-14H,5-6,15-18H2,1-4H3,(H,25,30)(H,26,29). The van der Waals surface area contributed by atoms with Crippen LogP contribution in [0, 0.1) is 0 Å². The van der Waals surface area contributed by atoms with E-state index in [4.69, 9.17) is 4.74 Å². The monoisotopic (exact) mass is 490 g/mol. The lowest BCUT2D eigenvalue weighted by Crippen LogP contribution is -2.38. The molecule has 186 valence electrons. The van der Waals surface area contributed by atoms with E-state index in [2.05, 4.69) is 29.4 Å². The quantitative estimate of drug-likeness (QED) is 0.446. The number of likely N-dealkylation sites (N-methyl/N-ethyl adjacent to an activating group) is 2. The van der Waals surface area contributed by atoms with E-state index >= 15 is 0 Å². The molecule has 0 aromatic heterocycles. The van der Waals surface area contributed by atoms with Crippen LogP contribution in [0.5, 0.6) is 5.75 Å². The summed E-state index contributed by atoms with van der Waals surface area (Å²) in [5.41, 5.74) is 1.30. The van der Waals surface area contributed by atoms with Crippen molar-refractivity contribution in [1.29, 1.82) is 0 Å². The molecule has 2 amide bonds. The number of carbonyl (C=O) groups is 2. The zero-order chi connectivity index (χ0) is 25.1. The van der Waals surface area contributed by atoms with Gasteiger partial charge < -0.3 is 20.3 Å². The average molecular weight is 491 g/mol. The fraction of sp³-hybridized carbons (Fsp3) is 0.417. The van der Waals surface area contributed by atoms with Gasteiger partial charge in [0.1, 0.15) is 12.4 Å². The van der Waals surface area contributed by atoms with Crippen molar-refractivity contribution in [3.63, 3.8) is 0 Å². The van der Waals surface area contributed by atoms with Crippen LogP contribution >= 0.6 is 0 Å². The van der Waals surface area contributed by atoms with E-state index in [9.17, 15) is 18.0 Å². The van der Waals surface area contributed by atoms with Crippen molar-refractivity contribution in [3.05, 3.63) is 54.1 Å². The van der Waals surface area contributed by atoms with E-state index in [1.54, 1.807) is 0 Å². The molecule has 0 unspecified atom stereocenters. The first-order valence-corrected chi connectivity index (χ1v) is 12.6. The number of anilines is 1. The van der Waals surface area contributed by atoms with E-state index < -0.39 is 15.9 Å². The normalized spacial score (nSPS) is 11.5. The molecule has 0 spiro atoms. The molecule has 9 nitrogen and oxygen atoms in total. The van der Waals surface area contributed by atoms with E-state index in [0.29, 0.717) is 18.0 Å². The van der Waals surface area contributed by atoms with Crippen molar-refractivity contribution in [2.45, 2.75) is 32.2 Å². The van der Waals surface area contributed by atoms with Gasteiger partial charge in [-0.25, -0.2) is 8.42 Å². The van der Waals surface area contributed by atoms with Gasteiger partial charge >= 0.3 is 0 Å². The molecule has 0 aliphatic rings. The lowest BCUT2D eigenvalue weighted by Gasteiger charge is -2.19. The van der Waals surface area contributed by atoms with Crippen LogP contribution in [0.25, 0.3) is 0 Å². The van der Waals surface area contributed by atoms with Gasteiger partial charge in [-0.05, 0) is 43.4 Å². The van der Waals surface area contributed by atoms with Crippen LogP contribution in [0.4, 0.5) is 5.69 Å². The fourth-order valence-electron chi connectivity index (χ4n) is 3.25. The minimum Gasteiger partial charge on any atom is -0.492 e. The Bertz CT molecular complexity index is 1050. The van der Waals surface area contributed by atoms with Crippen LogP contribution in [0.2, 0.25) is 0 Å². The van der Waals surface area contributed by atoms with Crippen LogP contribution in [-0.4, -0.2) is 69.3 Å². The van der Waals surface area contributed by atoms with Gasteiger partial charge in [0.05, 0.1) is 11.4 Å². The van der Waals surface area contributed by atoms with Crippen molar-refractivity contribution >= 4 is 27.5 Å². The Labute approximate surface area is 202 Å². The maximum Gasteiger partial charge on any atom is 0.243 e. The molecule has 34 heavy (non-hydrogen) atoms. The number of ether oxygens (including phenoxy) is 1. The predicted octanol–water partition coefficient (Wildman–Crippen LogP) is 2.30. The number of nitrogens with zero attached hydrogens (tertiary/aromatic N) is 2. The molecular weight excluding hydrogens is 456 g/mol. The third-order valence-electron chi connectivity index (χ3n) is 5.26. The van der Waals surface area contributed by atoms with Crippen molar-refractivity contribution < 1.29 is 22.7 Å². The highest BCUT2D eigenvalue weighted by Gasteiger charge is 2.23. The number of carbonyl (C=O) groups excluding carboxylic acids is 2. The molecule has 0 fully saturated rings. The third-order valence-corrected chi connectivity index (χ3v) is 7.07. The highest BCUT2D eigenvalue weighted by molar-refractivity contribution is 7.89. The second-order valence-corrected chi connectivity index (χ2v) is 9.77. The van der Waals surface area contributed by atoms with Gasteiger partial charge in [-0.15, -0.1) is 0 Å². The lowest BCUT2D eigenvalue weighted by atomic mass is 10.2. The van der Waals surface area contributed by atoms with E-state index in [-0.39, 0.29) is 23.9 Å². The van der Waals surface area contributed by atoms with Gasteiger partial charge in [0.15, 0.2) is 0 Å². The molecule has 0 saturated carbocycles. The molecule has 2 aromatic carbocycles. The smallest absolute Gasteiger partial charge is 0.243 e. The lowest BCUT2D eigenvalue weighted by molar-refractivity contribution is -0.121. The molecule has 0 aliphatic heterocycles. The Morgan fingerprint density at radius 3 is 2.26 bits per heavy atom. The summed E-state index contributed by atoms with van der Waals surface area (Å²) in [6.07, 6.45) is 0. The van der Waals surface area contributed by atoms with Crippen molar-refractivity contribution in [3.8, 4) is 5.75 Å². The molecule has 2 rings (SSSR count). The predicted molar refractivity (Wildman–Crippen MR) is 132 cm³/mol. The van der Waals surface area contributed by atoms with Crippen LogP contribution in [0.15, 0.2) is 53.4 Å². The number of sulfonamides is 1. The summed E-state index contributed by atoms with van der Waals surface area (Å²) in [4.78, 5) is 25.9. The van der Waals surface area contributed by atoms with Gasteiger partial charge in [0.2, 0.25) is 21.8 Å². The molecule has 0 saturated heterocycles. The number of benzene rings is 2. The van der Waals surface area contributed by atoms with Crippen molar-refractivity contribution in [2.75, 3.05) is 45.2 Å². The Balaban J connectivity index is 1.93. The number of para-hydroxylation sites is 1. The molecule has 0 atom stereocenters. The largest absolute Gasteiger partial charge is 0.492 e. The van der Waals surface area contributed by atoms with Crippen molar-refractivity contribution in [2.24, 2.45) is 0 Å². The Morgan fingerprint density at radius 2 is 1.65 bits per heavy atom. The number of nitrogens with one attached hydrogen (secondary N) is 2. The van der Waals surface area contributed by atoms with Crippen LogP contribution < -0.4 is 15.4 Å². The van der Waals surface area contributed by atoms with Gasteiger partial charge in [-0.2, -0.15) is 4.31 Å². The Hall–Kier alpha value is -2.95. The van der Waals surface area contributed by atoms with Gasteiger partial charge in [0.25, 0.3) is 0 Å². The van der Waals surface area contributed by atoms with E-state index in [1.165, 1.54) is 38.2 Å². The first kappa shape index (κ1) is 27.3. The topological polar surface area (TPSA) is 108 Å². The minimum atomic E-state index is -3.87. The fourth-order valence-corrected chi connectivity index (χ4v) is 4.37. The van der Waals surface area contributed by atoms with E-state index in [0.717, 1.165) is 29.5 Å². The maximum atomic E-state index is 12.8. The molecule has 0 heterocycles. The van der Waals surface area contributed by atoms with Crippen LogP contribution in [-0.2, 0) is 26.2 Å². The molecule has 0 radical (unpaired) electrons. The molecule has 2 N–H and O–H groups in total. The summed E-state index contributed by atoms with van der Waals surface area (Å²) >= 11 is 0. The van der Waals surface area contributed by atoms with Crippen LogP contribution in [0.3, 0.4) is 0 Å². The molecular formula is C24H34N4O5S. The summed E-state index contributed by atoms with van der Waals surface area (Å²) in [6.45, 7) is 8.71. The zero-order valence-electron chi connectivity index (χ0n) is 20.2. The zero-order valence-corrected chi connectivity index (χ0v) is 21.0. The van der Waals surface area contributed by atoms with Gasteiger partial charge in [0, 0.05) is 38.3 Å². The first-order chi connectivity index (χ1) is 16.2. The number of hydrogen-bond acceptors (Lipinski definition) is 6. The summed E-state index contributed by atoms with van der Waals surface area (Å²) in [6, 6.07) is 13.2. The summed E-state index contributed by atoms with van der Waals surface area (Å²) in [5, 5.41) is 5.34. The molecule has 0 aliphatic carbocycles. The molecule has 2 aromatic rings. The van der Waals surface area contributed by atoms with E-state index in [1.807, 2.05) is 24.3 Å². The highest BCUT2D eigenvalue weighted by atomic mass is 32.2. The third kappa shape index (κ3) is 8.12. The van der Waals surface area contributed by atoms with Crippen molar-refractivity contribution in [1.82, 2.24) is 14.5 Å². The number of amides is 2. The minimum absolute atomic E-state index is 0.0313. The second kappa shape index (κ2) is 13.1. The highest BCUT2D eigenvalue weighted by Crippen LogP contribution is 2.19. The number of hydrogen-bond donors (Lipinski definition) is 2. The Kier molecular flexibility index (Phi) is 10.5. The molecule has 10 heteroatoms. The Morgan fingerprint density at radius 1 is 1.00 bits per heavy atom. The summed E-state index contributed by atoms with van der Waals surface area (Å²) in [7, 11) is -2.52. The molecule has 0 bridgehead atoms. The maximum absolute atomic E-state index is 12.8. The second-order valence-electron chi connectivity index (χ2n) is 7.73. The number of rotatable bonds is 13. The van der Waals surface area contributed by atoms with Gasteiger partial charge in [-0.1, -0.05) is 32.0 Å². The average Bonchev–Trinajstić information content (AvgIpc) is 2.81. The summed E-state index contributed by atoms with van der Waals surface area (Å²) in [5.74, 6) is 0.00865. The van der Waals surface area contributed by atoms with Gasteiger partial charge in [-0.3, -0.25) is 9.59 Å². The summed E-state index contributed by atoms with van der Waals surface area (Å²) < 4.78 is 32.5. The van der Waals surface area contributed by atoms with Crippen LogP contribution in [0.1, 0.15) is 26.3 Å². The SMILES string of the molecule is CCN(CC)CCOc1ccccc1CNC(=O)CN(C)S(=O)(=O)c1ccc(NC(C)=O)cc1.